The molecular weight excluding hydrogens is 280 g/mol. The highest BCUT2D eigenvalue weighted by Crippen LogP contribution is 2.30. The Balaban J connectivity index is 2.65. The Labute approximate surface area is 112 Å². The first-order valence-electron chi connectivity index (χ1n) is 6.02. The molecule has 0 fully saturated rings. The normalized spacial score (nSPS) is 11.3. The second-order valence-corrected chi connectivity index (χ2v) is 4.87. The topological polar surface area (TPSA) is 18.5 Å². The molecule has 3 heteroatoms. The van der Waals surface area contributed by atoms with E-state index in [9.17, 15) is 0 Å². The van der Waals surface area contributed by atoms with Gasteiger partial charge in [-0.15, -0.1) is 0 Å². The van der Waals surface area contributed by atoms with E-state index in [1.54, 1.807) is 7.11 Å². The van der Waals surface area contributed by atoms with Gasteiger partial charge < -0.3 is 9.47 Å². The standard InChI is InChI=1S/C14H21BrO2/c1-4-14(5-2,10-15)11-17-13-8-6-7-12(9-13)16-3/h6-9H,4-5,10-11H2,1-3H3. The van der Waals surface area contributed by atoms with Gasteiger partial charge in [0.05, 0.1) is 13.7 Å². The van der Waals surface area contributed by atoms with Crippen LogP contribution in [0.3, 0.4) is 0 Å². The van der Waals surface area contributed by atoms with Gasteiger partial charge in [0.1, 0.15) is 11.5 Å². The van der Waals surface area contributed by atoms with Crippen LogP contribution in [0.4, 0.5) is 0 Å². The van der Waals surface area contributed by atoms with Crippen LogP contribution in [0, 0.1) is 5.41 Å². The quantitative estimate of drug-likeness (QED) is 0.700. The molecule has 0 saturated heterocycles. The zero-order chi connectivity index (χ0) is 12.7. The molecular formula is C14H21BrO2. The minimum Gasteiger partial charge on any atom is -0.497 e. The van der Waals surface area contributed by atoms with Crippen molar-refractivity contribution >= 4 is 15.9 Å². The van der Waals surface area contributed by atoms with Crippen LogP contribution in [0.25, 0.3) is 0 Å². The number of benzene rings is 1. The van der Waals surface area contributed by atoms with Crippen molar-refractivity contribution in [3.63, 3.8) is 0 Å². The molecule has 1 aromatic rings. The first kappa shape index (κ1) is 14.4. The SMILES string of the molecule is CCC(CC)(CBr)COc1cccc(OC)c1. The molecule has 0 atom stereocenters. The zero-order valence-electron chi connectivity index (χ0n) is 10.8. The van der Waals surface area contributed by atoms with E-state index in [0.717, 1.165) is 36.3 Å². The summed E-state index contributed by atoms with van der Waals surface area (Å²) in [7, 11) is 1.67. The van der Waals surface area contributed by atoms with Gasteiger partial charge in [0.25, 0.3) is 0 Å². The lowest BCUT2D eigenvalue weighted by Crippen LogP contribution is -2.28. The van der Waals surface area contributed by atoms with E-state index in [0.29, 0.717) is 0 Å². The van der Waals surface area contributed by atoms with Crippen molar-refractivity contribution in [2.24, 2.45) is 5.41 Å². The van der Waals surface area contributed by atoms with Gasteiger partial charge >= 0.3 is 0 Å². The van der Waals surface area contributed by atoms with Gasteiger partial charge in [0.2, 0.25) is 0 Å². The Kier molecular flexibility index (Phi) is 5.83. The summed E-state index contributed by atoms with van der Waals surface area (Å²) in [6.07, 6.45) is 2.22. The van der Waals surface area contributed by atoms with Crippen LogP contribution >= 0.6 is 15.9 Å². The average molecular weight is 301 g/mol. The molecule has 0 N–H and O–H groups in total. The summed E-state index contributed by atoms with van der Waals surface area (Å²) in [4.78, 5) is 0. The highest BCUT2D eigenvalue weighted by Gasteiger charge is 2.25. The molecule has 0 heterocycles. The van der Waals surface area contributed by atoms with Crippen LogP contribution < -0.4 is 9.47 Å². The number of alkyl halides is 1. The maximum Gasteiger partial charge on any atom is 0.123 e. The molecule has 0 aliphatic rings. The Morgan fingerprint density at radius 1 is 1.18 bits per heavy atom. The van der Waals surface area contributed by atoms with Gasteiger partial charge in [0.15, 0.2) is 0 Å². The van der Waals surface area contributed by atoms with Crippen molar-refractivity contribution < 1.29 is 9.47 Å². The maximum atomic E-state index is 5.88. The molecule has 0 spiro atoms. The largest absolute Gasteiger partial charge is 0.497 e. The summed E-state index contributed by atoms with van der Waals surface area (Å²) in [5.41, 5.74) is 0.225. The molecule has 0 saturated carbocycles. The molecule has 17 heavy (non-hydrogen) atoms. The summed E-state index contributed by atoms with van der Waals surface area (Å²) in [5.74, 6) is 1.71. The van der Waals surface area contributed by atoms with Crippen molar-refractivity contribution in [2.45, 2.75) is 26.7 Å². The van der Waals surface area contributed by atoms with Gasteiger partial charge in [0, 0.05) is 16.8 Å². The minimum atomic E-state index is 0.225. The van der Waals surface area contributed by atoms with E-state index < -0.39 is 0 Å². The number of rotatable bonds is 7. The Hall–Kier alpha value is -0.700. The van der Waals surface area contributed by atoms with Gasteiger partial charge in [-0.3, -0.25) is 0 Å². The maximum absolute atomic E-state index is 5.88. The smallest absolute Gasteiger partial charge is 0.123 e. The number of methoxy groups -OCH3 is 1. The van der Waals surface area contributed by atoms with Crippen molar-refractivity contribution in [1.29, 1.82) is 0 Å². The third-order valence-corrected chi connectivity index (χ3v) is 4.56. The molecule has 0 aromatic heterocycles. The highest BCUT2D eigenvalue weighted by molar-refractivity contribution is 9.09. The monoisotopic (exact) mass is 300 g/mol. The fourth-order valence-corrected chi connectivity index (χ4v) is 2.56. The van der Waals surface area contributed by atoms with Crippen molar-refractivity contribution in [2.75, 3.05) is 19.0 Å². The summed E-state index contributed by atoms with van der Waals surface area (Å²) < 4.78 is 11.1. The third kappa shape index (κ3) is 3.91. The Bertz CT molecular complexity index is 326. The number of ether oxygens (including phenoxy) is 2. The summed E-state index contributed by atoms with van der Waals surface area (Å²) in [5, 5.41) is 0.969. The van der Waals surface area contributed by atoms with Crippen LogP contribution in [0.2, 0.25) is 0 Å². The van der Waals surface area contributed by atoms with E-state index in [1.807, 2.05) is 24.3 Å². The van der Waals surface area contributed by atoms with Gasteiger partial charge in [-0.2, -0.15) is 0 Å². The van der Waals surface area contributed by atoms with Crippen molar-refractivity contribution in [1.82, 2.24) is 0 Å². The molecule has 0 radical (unpaired) electrons. The fraction of sp³-hybridized carbons (Fsp3) is 0.571. The van der Waals surface area contributed by atoms with Crippen LogP contribution in [0.15, 0.2) is 24.3 Å². The Morgan fingerprint density at radius 2 is 1.82 bits per heavy atom. The number of hydrogen-bond acceptors (Lipinski definition) is 2. The molecule has 0 amide bonds. The zero-order valence-corrected chi connectivity index (χ0v) is 12.4. The second-order valence-electron chi connectivity index (χ2n) is 4.31. The average Bonchev–Trinajstić information content (AvgIpc) is 2.41. The lowest BCUT2D eigenvalue weighted by Gasteiger charge is -2.29. The van der Waals surface area contributed by atoms with Crippen molar-refractivity contribution in [3.8, 4) is 11.5 Å². The highest BCUT2D eigenvalue weighted by atomic mass is 79.9. The van der Waals surface area contributed by atoms with Gasteiger partial charge in [-0.05, 0) is 25.0 Å². The molecule has 96 valence electrons. The van der Waals surface area contributed by atoms with E-state index in [1.165, 1.54) is 0 Å². The lowest BCUT2D eigenvalue weighted by molar-refractivity contribution is 0.157. The lowest BCUT2D eigenvalue weighted by atomic mass is 9.86. The molecule has 1 rings (SSSR count). The molecule has 0 unspecified atom stereocenters. The second kappa shape index (κ2) is 6.90. The van der Waals surface area contributed by atoms with Gasteiger partial charge in [-0.1, -0.05) is 35.8 Å². The molecule has 1 aromatic carbocycles. The first-order chi connectivity index (χ1) is 8.19. The fourth-order valence-electron chi connectivity index (χ4n) is 1.61. The minimum absolute atomic E-state index is 0.225. The van der Waals surface area contributed by atoms with E-state index >= 15 is 0 Å². The van der Waals surface area contributed by atoms with Crippen molar-refractivity contribution in [3.05, 3.63) is 24.3 Å². The molecule has 0 aliphatic carbocycles. The summed E-state index contributed by atoms with van der Waals surface area (Å²) in [6.45, 7) is 5.15. The van der Waals surface area contributed by atoms with Crippen LogP contribution in [-0.2, 0) is 0 Å². The number of hydrogen-bond donors (Lipinski definition) is 0. The first-order valence-corrected chi connectivity index (χ1v) is 7.14. The van der Waals surface area contributed by atoms with Crippen LogP contribution in [0.1, 0.15) is 26.7 Å². The number of halogens is 1. The molecule has 0 bridgehead atoms. The van der Waals surface area contributed by atoms with E-state index in [2.05, 4.69) is 29.8 Å². The molecule has 0 aliphatic heterocycles. The predicted octanol–water partition coefficient (Wildman–Crippen LogP) is 4.28. The third-order valence-electron chi connectivity index (χ3n) is 3.37. The van der Waals surface area contributed by atoms with Crippen LogP contribution in [-0.4, -0.2) is 19.0 Å². The van der Waals surface area contributed by atoms with E-state index in [-0.39, 0.29) is 5.41 Å². The predicted molar refractivity (Wildman–Crippen MR) is 75.3 cm³/mol. The summed E-state index contributed by atoms with van der Waals surface area (Å²) >= 11 is 3.59. The van der Waals surface area contributed by atoms with Gasteiger partial charge in [-0.25, -0.2) is 0 Å². The molecule has 2 nitrogen and oxygen atoms in total. The Morgan fingerprint density at radius 3 is 2.35 bits per heavy atom. The van der Waals surface area contributed by atoms with Crippen LogP contribution in [0.5, 0.6) is 11.5 Å². The van der Waals surface area contributed by atoms with E-state index in [4.69, 9.17) is 9.47 Å². The summed E-state index contributed by atoms with van der Waals surface area (Å²) in [6, 6.07) is 7.75.